The Morgan fingerprint density at radius 3 is 2.43 bits per heavy atom. The van der Waals surface area contributed by atoms with Crippen LogP contribution in [-0.4, -0.2) is 37.0 Å². The van der Waals surface area contributed by atoms with E-state index in [0.717, 1.165) is 39.8 Å². The summed E-state index contributed by atoms with van der Waals surface area (Å²) in [6, 6.07) is 15.2. The summed E-state index contributed by atoms with van der Waals surface area (Å²) in [5.41, 5.74) is 4.69. The van der Waals surface area contributed by atoms with Crippen molar-refractivity contribution in [2.75, 3.05) is 25.2 Å². The van der Waals surface area contributed by atoms with Crippen LogP contribution in [-0.2, 0) is 14.3 Å². The molecule has 2 aromatic rings. The van der Waals surface area contributed by atoms with Crippen LogP contribution in [0.15, 0.2) is 71.1 Å². The molecule has 1 N–H and O–H groups in total. The lowest BCUT2D eigenvalue weighted by Crippen LogP contribution is -2.36. The summed E-state index contributed by atoms with van der Waals surface area (Å²) in [5.74, 6) is 1.65. The number of carbonyl (C=O) groups excluding carboxylic acids is 2. The SMILES string of the molecule is CCSCCOC(=O)C1=C(C)NC2=C(C(=O)C[C@H](c3ccc(Cl)cc3)C2)[C@H]1c1ccc(OC)cc1. The van der Waals surface area contributed by atoms with Gasteiger partial charge < -0.3 is 14.8 Å². The largest absolute Gasteiger partial charge is 0.497 e. The summed E-state index contributed by atoms with van der Waals surface area (Å²) in [4.78, 5) is 26.9. The maximum Gasteiger partial charge on any atom is 0.336 e. The Labute approximate surface area is 215 Å². The van der Waals surface area contributed by atoms with Crippen molar-refractivity contribution >= 4 is 35.1 Å². The third-order valence-corrected chi connectivity index (χ3v) is 7.62. The normalized spacial score (nSPS) is 19.8. The molecule has 35 heavy (non-hydrogen) atoms. The number of ether oxygens (including phenoxy) is 2. The van der Waals surface area contributed by atoms with Crippen LogP contribution >= 0.6 is 23.4 Å². The number of benzene rings is 2. The lowest BCUT2D eigenvalue weighted by Gasteiger charge is -2.36. The Morgan fingerprint density at radius 1 is 1.09 bits per heavy atom. The van der Waals surface area contributed by atoms with Crippen molar-refractivity contribution in [3.8, 4) is 5.75 Å². The number of hydrogen-bond acceptors (Lipinski definition) is 6. The molecule has 2 atom stereocenters. The molecule has 0 saturated heterocycles. The lowest BCUT2D eigenvalue weighted by molar-refractivity contribution is -0.138. The van der Waals surface area contributed by atoms with E-state index in [4.69, 9.17) is 21.1 Å². The van der Waals surface area contributed by atoms with Crippen molar-refractivity contribution in [3.05, 3.63) is 87.2 Å². The van der Waals surface area contributed by atoms with Crippen molar-refractivity contribution in [1.82, 2.24) is 5.32 Å². The molecule has 1 aliphatic carbocycles. The highest BCUT2D eigenvalue weighted by molar-refractivity contribution is 7.99. The number of dihydropyridines is 1. The molecule has 1 heterocycles. The van der Waals surface area contributed by atoms with Gasteiger partial charge >= 0.3 is 5.97 Å². The van der Waals surface area contributed by atoms with E-state index >= 15 is 0 Å². The molecule has 4 rings (SSSR count). The van der Waals surface area contributed by atoms with Crippen molar-refractivity contribution < 1.29 is 19.1 Å². The van der Waals surface area contributed by atoms with Gasteiger partial charge in [0.1, 0.15) is 12.4 Å². The maximum atomic E-state index is 13.6. The summed E-state index contributed by atoms with van der Waals surface area (Å²) in [5, 5.41) is 4.07. The van der Waals surface area contributed by atoms with Gasteiger partial charge in [-0.15, -0.1) is 0 Å². The minimum Gasteiger partial charge on any atom is -0.497 e. The number of halogens is 1. The van der Waals surface area contributed by atoms with Crippen molar-refractivity contribution in [1.29, 1.82) is 0 Å². The van der Waals surface area contributed by atoms with Gasteiger partial charge in [-0.1, -0.05) is 42.8 Å². The van der Waals surface area contributed by atoms with E-state index < -0.39 is 5.92 Å². The Hall–Kier alpha value is -2.70. The van der Waals surface area contributed by atoms with E-state index in [1.807, 2.05) is 55.5 Å². The molecule has 5 nitrogen and oxygen atoms in total. The van der Waals surface area contributed by atoms with Gasteiger partial charge in [0.15, 0.2) is 5.78 Å². The molecular weight excluding hydrogens is 482 g/mol. The predicted molar refractivity (Wildman–Crippen MR) is 141 cm³/mol. The van der Waals surface area contributed by atoms with Crippen LogP contribution in [0.1, 0.15) is 49.7 Å². The molecule has 0 radical (unpaired) electrons. The zero-order chi connectivity index (χ0) is 24.9. The summed E-state index contributed by atoms with van der Waals surface area (Å²) < 4.78 is 11.0. The molecular formula is C28H30ClNO4S. The van der Waals surface area contributed by atoms with Crippen LogP contribution in [0.4, 0.5) is 0 Å². The molecule has 2 aromatic carbocycles. The first-order valence-electron chi connectivity index (χ1n) is 11.8. The van der Waals surface area contributed by atoms with Gasteiger partial charge in [-0.2, -0.15) is 11.8 Å². The molecule has 1 aliphatic heterocycles. The molecule has 0 spiro atoms. The summed E-state index contributed by atoms with van der Waals surface area (Å²) in [7, 11) is 1.61. The van der Waals surface area contributed by atoms with Gasteiger partial charge in [0.2, 0.25) is 0 Å². The van der Waals surface area contributed by atoms with E-state index in [1.165, 1.54) is 0 Å². The van der Waals surface area contributed by atoms with Gasteiger partial charge in [-0.25, -0.2) is 4.79 Å². The van der Waals surface area contributed by atoms with E-state index in [9.17, 15) is 9.59 Å². The third kappa shape index (κ3) is 5.60. The molecule has 7 heteroatoms. The number of esters is 1. The molecule has 0 saturated carbocycles. The van der Waals surface area contributed by atoms with Crippen LogP contribution in [0.2, 0.25) is 5.02 Å². The third-order valence-electron chi connectivity index (χ3n) is 6.50. The number of methoxy groups -OCH3 is 1. The minimum absolute atomic E-state index is 0.0406. The fraction of sp³-hybridized carbons (Fsp3) is 0.357. The number of carbonyl (C=O) groups is 2. The number of thioether (sulfide) groups is 1. The van der Waals surface area contributed by atoms with Crippen LogP contribution in [0.3, 0.4) is 0 Å². The topological polar surface area (TPSA) is 64.6 Å². The zero-order valence-electron chi connectivity index (χ0n) is 20.2. The molecule has 184 valence electrons. The second-order valence-corrected chi connectivity index (χ2v) is 10.5. The summed E-state index contributed by atoms with van der Waals surface area (Å²) >= 11 is 7.79. The smallest absolute Gasteiger partial charge is 0.336 e. The maximum absolute atomic E-state index is 13.6. The Morgan fingerprint density at radius 2 is 1.77 bits per heavy atom. The molecule has 0 fully saturated rings. The van der Waals surface area contributed by atoms with Crippen molar-refractivity contribution in [3.63, 3.8) is 0 Å². The number of allylic oxidation sites excluding steroid dienone is 3. The average Bonchev–Trinajstić information content (AvgIpc) is 2.86. The Kier molecular flexibility index (Phi) is 8.24. The van der Waals surface area contributed by atoms with E-state index in [0.29, 0.717) is 35.6 Å². The molecule has 0 aromatic heterocycles. The van der Waals surface area contributed by atoms with Crippen molar-refractivity contribution in [2.45, 2.75) is 38.5 Å². The second kappa shape index (κ2) is 11.4. The van der Waals surface area contributed by atoms with Gasteiger partial charge in [0.05, 0.1) is 12.7 Å². The average molecular weight is 512 g/mol. The highest BCUT2D eigenvalue weighted by Crippen LogP contribution is 2.46. The fourth-order valence-corrected chi connectivity index (χ4v) is 5.44. The minimum atomic E-state index is -0.484. The van der Waals surface area contributed by atoms with Crippen molar-refractivity contribution in [2.24, 2.45) is 0 Å². The second-order valence-electron chi connectivity index (χ2n) is 8.67. The first-order valence-corrected chi connectivity index (χ1v) is 13.3. The number of hydrogen-bond donors (Lipinski definition) is 1. The lowest BCUT2D eigenvalue weighted by atomic mass is 9.72. The van der Waals surface area contributed by atoms with Crippen LogP contribution in [0.25, 0.3) is 0 Å². The summed E-state index contributed by atoms with van der Waals surface area (Å²) in [6.07, 6.45) is 1.06. The van der Waals surface area contributed by atoms with Gasteiger partial charge in [-0.05, 0) is 60.4 Å². The Bertz CT molecular complexity index is 1150. The van der Waals surface area contributed by atoms with Gasteiger partial charge in [0.25, 0.3) is 0 Å². The molecule has 0 unspecified atom stereocenters. The van der Waals surface area contributed by atoms with Crippen LogP contribution < -0.4 is 10.1 Å². The monoisotopic (exact) mass is 511 g/mol. The predicted octanol–water partition coefficient (Wildman–Crippen LogP) is 6.01. The first-order chi connectivity index (χ1) is 16.9. The highest BCUT2D eigenvalue weighted by atomic mass is 35.5. The van der Waals surface area contributed by atoms with Gasteiger partial charge in [-0.3, -0.25) is 4.79 Å². The van der Waals surface area contributed by atoms with E-state index in [1.54, 1.807) is 18.9 Å². The van der Waals surface area contributed by atoms with E-state index in [2.05, 4.69) is 12.2 Å². The molecule has 0 amide bonds. The standard InChI is InChI=1S/C28H30ClNO4S/c1-4-35-14-13-34-28(32)25-17(2)30-23-15-20(18-5-9-21(29)10-6-18)16-24(31)27(23)26(25)19-7-11-22(33-3)12-8-19/h5-12,20,26,30H,4,13-16H2,1-3H3/t20-,26+/m1/s1. The zero-order valence-corrected chi connectivity index (χ0v) is 21.8. The summed E-state index contributed by atoms with van der Waals surface area (Å²) in [6.45, 7) is 4.29. The number of ketones is 1. The number of rotatable bonds is 8. The van der Waals surface area contributed by atoms with Gasteiger partial charge in [0, 0.05) is 40.1 Å². The number of nitrogens with one attached hydrogen (secondary N) is 1. The number of Topliss-reactive ketones (excluding diaryl/α,β-unsaturated/α-hetero) is 1. The molecule has 2 aliphatic rings. The van der Waals surface area contributed by atoms with E-state index in [-0.39, 0.29) is 17.7 Å². The van der Waals surface area contributed by atoms with Crippen LogP contribution in [0.5, 0.6) is 5.75 Å². The highest BCUT2D eigenvalue weighted by Gasteiger charge is 2.41. The molecule has 0 bridgehead atoms. The first kappa shape index (κ1) is 25.4. The fourth-order valence-electron chi connectivity index (χ4n) is 4.83. The quantitative estimate of drug-likeness (QED) is 0.346. The Balaban J connectivity index is 1.70. The van der Waals surface area contributed by atoms with Crippen LogP contribution in [0, 0.1) is 0 Å².